The van der Waals surface area contributed by atoms with Gasteiger partial charge in [-0.1, -0.05) is 80.1 Å². The van der Waals surface area contributed by atoms with Gasteiger partial charge >= 0.3 is 5.97 Å². The lowest BCUT2D eigenvalue weighted by molar-refractivity contribution is 0.0511. The zero-order valence-corrected chi connectivity index (χ0v) is 18.7. The molecule has 1 heterocycles. The Hall–Kier alpha value is -3.17. The number of fused-ring (bicyclic) bond motifs is 1. The van der Waals surface area contributed by atoms with Gasteiger partial charge in [-0.2, -0.15) is 0 Å². The Morgan fingerprint density at radius 2 is 1.84 bits per heavy atom. The van der Waals surface area contributed by atoms with Crippen molar-refractivity contribution in [1.29, 1.82) is 0 Å². The summed E-state index contributed by atoms with van der Waals surface area (Å²) in [5.74, 6) is -0.261. The first kappa shape index (κ1) is 22.0. The summed E-state index contributed by atoms with van der Waals surface area (Å²) in [4.78, 5) is 13.4. The van der Waals surface area contributed by atoms with Gasteiger partial charge in [-0.05, 0) is 58.7 Å². The number of hydrogen-bond acceptors (Lipinski definition) is 3. The maximum absolute atomic E-state index is 13.4. The van der Waals surface area contributed by atoms with Crippen LogP contribution in [0.2, 0.25) is 0 Å². The topological polar surface area (TPSA) is 35.5 Å². The van der Waals surface area contributed by atoms with Gasteiger partial charge in [0.2, 0.25) is 0 Å². The van der Waals surface area contributed by atoms with Crippen molar-refractivity contribution in [1.82, 2.24) is 0 Å². The number of esters is 1. The van der Waals surface area contributed by atoms with Crippen LogP contribution in [-0.2, 0) is 22.5 Å². The molecule has 3 heteroatoms. The molecule has 0 radical (unpaired) electrons. The lowest BCUT2D eigenvalue weighted by atomic mass is 9.85. The van der Waals surface area contributed by atoms with Gasteiger partial charge in [0.05, 0.1) is 18.8 Å². The van der Waals surface area contributed by atoms with Crippen LogP contribution >= 0.6 is 0 Å². The maximum atomic E-state index is 13.4. The number of rotatable bonds is 9. The number of benzene rings is 3. The Bertz CT molecular complexity index is 1070. The molecule has 32 heavy (non-hydrogen) atoms. The van der Waals surface area contributed by atoms with Crippen LogP contribution in [0.5, 0.6) is 0 Å². The fourth-order valence-corrected chi connectivity index (χ4v) is 4.38. The van der Waals surface area contributed by atoms with Crippen molar-refractivity contribution in [2.24, 2.45) is 0 Å². The molecule has 1 aliphatic heterocycles. The van der Waals surface area contributed by atoms with Gasteiger partial charge in [-0.15, -0.1) is 6.58 Å². The van der Waals surface area contributed by atoms with Crippen LogP contribution in [0.25, 0.3) is 11.1 Å². The Morgan fingerprint density at radius 3 is 2.53 bits per heavy atom. The summed E-state index contributed by atoms with van der Waals surface area (Å²) in [6.45, 7) is 6.75. The van der Waals surface area contributed by atoms with Crippen LogP contribution in [0.3, 0.4) is 0 Å². The van der Waals surface area contributed by atoms with Crippen LogP contribution in [0.4, 0.5) is 0 Å². The Balaban J connectivity index is 1.89. The third kappa shape index (κ3) is 4.53. The van der Waals surface area contributed by atoms with Gasteiger partial charge in [-0.25, -0.2) is 4.79 Å². The molecule has 0 spiro atoms. The van der Waals surface area contributed by atoms with E-state index in [1.807, 2.05) is 36.4 Å². The third-order valence-corrected chi connectivity index (χ3v) is 5.99. The van der Waals surface area contributed by atoms with Crippen molar-refractivity contribution in [3.63, 3.8) is 0 Å². The molecule has 0 amide bonds. The Morgan fingerprint density at radius 1 is 1.12 bits per heavy atom. The smallest absolute Gasteiger partial charge is 0.339 e. The molecule has 1 aliphatic rings. The molecule has 3 aromatic rings. The summed E-state index contributed by atoms with van der Waals surface area (Å²) < 4.78 is 12.0. The monoisotopic (exact) mass is 426 g/mol. The minimum Gasteiger partial charge on any atom is -0.462 e. The summed E-state index contributed by atoms with van der Waals surface area (Å²) in [6, 6.07) is 22.6. The number of unbranched alkanes of at least 4 members (excludes halogenated alkanes) is 1. The van der Waals surface area contributed by atoms with E-state index in [4.69, 9.17) is 9.47 Å². The predicted octanol–water partition coefficient (Wildman–Crippen LogP) is 7.05. The number of carbonyl (C=O) groups excluding carboxylic acids is 1. The number of carbonyl (C=O) groups is 1. The molecular weight excluding hydrogens is 396 g/mol. The second-order valence-corrected chi connectivity index (χ2v) is 8.13. The van der Waals surface area contributed by atoms with E-state index in [2.05, 4.69) is 43.8 Å². The van der Waals surface area contributed by atoms with Crippen molar-refractivity contribution in [2.75, 3.05) is 6.61 Å². The number of hydrogen-bond donors (Lipinski definition) is 0. The number of ether oxygens (including phenoxy) is 2. The Kier molecular flexibility index (Phi) is 7.18. The summed E-state index contributed by atoms with van der Waals surface area (Å²) in [7, 11) is 0. The highest BCUT2D eigenvalue weighted by Crippen LogP contribution is 2.43. The molecule has 0 aliphatic carbocycles. The van der Waals surface area contributed by atoms with Gasteiger partial charge in [0.15, 0.2) is 0 Å². The summed E-state index contributed by atoms with van der Waals surface area (Å²) in [5.41, 5.74) is 7.13. The van der Waals surface area contributed by atoms with Gasteiger partial charge in [0.25, 0.3) is 0 Å². The largest absolute Gasteiger partial charge is 0.462 e. The minimum atomic E-state index is -0.261. The highest BCUT2D eigenvalue weighted by molar-refractivity contribution is 6.00. The zero-order valence-electron chi connectivity index (χ0n) is 18.7. The average molecular weight is 427 g/mol. The van der Waals surface area contributed by atoms with E-state index >= 15 is 0 Å². The van der Waals surface area contributed by atoms with Gasteiger partial charge < -0.3 is 9.47 Å². The lowest BCUT2D eigenvalue weighted by Gasteiger charge is -2.20. The minimum absolute atomic E-state index is 0.125. The van der Waals surface area contributed by atoms with E-state index in [9.17, 15) is 4.79 Å². The van der Waals surface area contributed by atoms with Crippen LogP contribution in [0.15, 0.2) is 79.4 Å². The highest BCUT2D eigenvalue weighted by Gasteiger charge is 2.32. The second kappa shape index (κ2) is 10.4. The van der Waals surface area contributed by atoms with Gasteiger partial charge in [-0.3, -0.25) is 0 Å². The lowest BCUT2D eigenvalue weighted by Crippen LogP contribution is -2.14. The van der Waals surface area contributed by atoms with Gasteiger partial charge in [0.1, 0.15) is 6.10 Å². The van der Waals surface area contributed by atoms with E-state index in [1.165, 1.54) is 0 Å². The quantitative estimate of drug-likeness (QED) is 0.209. The van der Waals surface area contributed by atoms with Crippen molar-refractivity contribution in [2.45, 2.75) is 45.3 Å². The molecule has 3 aromatic carbocycles. The summed E-state index contributed by atoms with van der Waals surface area (Å²) >= 11 is 0. The fourth-order valence-electron chi connectivity index (χ4n) is 4.38. The molecule has 1 atom stereocenters. The van der Waals surface area contributed by atoms with Crippen LogP contribution in [0, 0.1) is 0 Å². The first-order valence-electron chi connectivity index (χ1n) is 11.4. The third-order valence-electron chi connectivity index (χ3n) is 5.99. The van der Waals surface area contributed by atoms with Crippen molar-refractivity contribution >= 4 is 5.97 Å². The predicted molar refractivity (Wildman–Crippen MR) is 129 cm³/mol. The molecule has 0 fully saturated rings. The van der Waals surface area contributed by atoms with E-state index in [0.29, 0.717) is 25.2 Å². The maximum Gasteiger partial charge on any atom is 0.339 e. The Labute approximate surface area is 190 Å². The van der Waals surface area contributed by atoms with Crippen molar-refractivity contribution in [3.8, 4) is 11.1 Å². The molecule has 0 saturated heterocycles. The van der Waals surface area contributed by atoms with Crippen LogP contribution in [-0.4, -0.2) is 12.6 Å². The SMILES string of the molecule is C=CCCOC(=O)c1c(-c2ccccc2)cc2c(c1CCCC)COC2c1ccccc1. The summed E-state index contributed by atoms with van der Waals surface area (Å²) in [6.07, 6.45) is 5.17. The van der Waals surface area contributed by atoms with Crippen molar-refractivity contribution in [3.05, 3.63) is 107 Å². The molecule has 0 aromatic heterocycles. The van der Waals surface area contributed by atoms with Gasteiger partial charge in [0, 0.05) is 0 Å². The zero-order chi connectivity index (χ0) is 22.3. The first-order chi connectivity index (χ1) is 15.7. The molecule has 0 N–H and O–H groups in total. The molecule has 0 bridgehead atoms. The van der Waals surface area contributed by atoms with E-state index in [1.54, 1.807) is 6.08 Å². The molecule has 4 rings (SSSR count). The molecular formula is C29H30O3. The fraction of sp³-hybridized carbons (Fsp3) is 0.276. The highest BCUT2D eigenvalue weighted by atomic mass is 16.5. The van der Waals surface area contributed by atoms with E-state index in [0.717, 1.165) is 52.6 Å². The van der Waals surface area contributed by atoms with E-state index in [-0.39, 0.29) is 12.1 Å². The molecule has 1 unspecified atom stereocenters. The van der Waals surface area contributed by atoms with E-state index < -0.39 is 0 Å². The van der Waals surface area contributed by atoms with Crippen LogP contribution in [0.1, 0.15) is 64.9 Å². The van der Waals surface area contributed by atoms with Crippen molar-refractivity contribution < 1.29 is 14.3 Å². The standard InChI is InChI=1S/C29H30O3/c1-3-5-17-23-26-20-32-28(22-15-11-8-12-16-22)25(26)19-24(21-13-9-7-10-14-21)27(23)29(30)31-18-6-4-2/h4,7-16,19,28H,2-3,5-6,17-18,20H2,1H3. The molecule has 3 nitrogen and oxygen atoms in total. The molecule has 0 saturated carbocycles. The molecule has 164 valence electrons. The average Bonchev–Trinajstić information content (AvgIpc) is 3.27. The summed E-state index contributed by atoms with van der Waals surface area (Å²) in [5, 5.41) is 0. The normalized spacial score (nSPS) is 14.7. The first-order valence-corrected chi connectivity index (χ1v) is 11.4. The van der Waals surface area contributed by atoms with Crippen LogP contribution < -0.4 is 0 Å². The second-order valence-electron chi connectivity index (χ2n) is 8.13.